The fourth-order valence-corrected chi connectivity index (χ4v) is 1.66. The highest BCUT2D eigenvalue weighted by Crippen LogP contribution is 2.13. The van der Waals surface area contributed by atoms with Crippen molar-refractivity contribution in [2.24, 2.45) is 0 Å². The Hall–Kier alpha value is -2.43. The van der Waals surface area contributed by atoms with Crippen LogP contribution in [-0.4, -0.2) is 22.2 Å². The van der Waals surface area contributed by atoms with Crippen LogP contribution in [0.25, 0.3) is 0 Å². The number of ether oxygens (including phenoxy) is 1. The first-order valence-corrected chi connectivity index (χ1v) is 5.74. The summed E-state index contributed by atoms with van der Waals surface area (Å²) in [5.74, 6) is -0.464. The van der Waals surface area contributed by atoms with E-state index >= 15 is 0 Å². The average molecular weight is 272 g/mol. The Morgan fingerprint density at radius 3 is 2.85 bits per heavy atom. The molecule has 2 N–H and O–H groups in total. The zero-order valence-corrected chi connectivity index (χ0v) is 10.3. The van der Waals surface area contributed by atoms with E-state index in [1.165, 1.54) is 12.3 Å². The molecule has 5 nitrogen and oxygen atoms in total. The summed E-state index contributed by atoms with van der Waals surface area (Å²) in [5.41, 5.74) is 0.700. The molecule has 100 valence electrons. The lowest BCUT2D eigenvalue weighted by Crippen LogP contribution is -2.31. The zero-order valence-electron chi connectivity index (χ0n) is 10.3. The van der Waals surface area contributed by atoms with E-state index in [2.05, 4.69) is 4.98 Å². The summed E-state index contributed by atoms with van der Waals surface area (Å²) in [6.45, 7) is 0.0160. The van der Waals surface area contributed by atoms with Crippen molar-refractivity contribution in [1.82, 2.24) is 4.98 Å². The number of hydrogen-bond acceptors (Lipinski definition) is 5. The third-order valence-electron chi connectivity index (χ3n) is 2.63. The van der Waals surface area contributed by atoms with Crippen molar-refractivity contribution < 1.29 is 19.2 Å². The van der Waals surface area contributed by atoms with Crippen molar-refractivity contribution in [3.63, 3.8) is 0 Å². The van der Waals surface area contributed by atoms with Crippen LogP contribution < -0.4 is 10.2 Å². The van der Waals surface area contributed by atoms with Crippen LogP contribution in [0.15, 0.2) is 36.5 Å². The third kappa shape index (κ3) is 3.12. The van der Waals surface area contributed by atoms with Gasteiger partial charge >= 0.3 is 7.12 Å². The average Bonchev–Trinajstić information content (AvgIpc) is 2.46. The summed E-state index contributed by atoms with van der Waals surface area (Å²) < 4.78 is 18.5. The fourth-order valence-electron chi connectivity index (χ4n) is 1.66. The summed E-state index contributed by atoms with van der Waals surface area (Å²) in [5, 5.41) is 27.2. The molecule has 0 fully saturated rings. The number of rotatable bonds is 4. The van der Waals surface area contributed by atoms with Gasteiger partial charge < -0.3 is 14.8 Å². The molecule has 7 heteroatoms. The molecule has 20 heavy (non-hydrogen) atoms. The SMILES string of the molecule is N#Cc1ncccc1COc1ccc(F)cc1B(O)O. The highest BCUT2D eigenvalue weighted by Gasteiger charge is 2.18. The molecule has 1 heterocycles. The molecular formula is C13H10BFN2O3. The van der Waals surface area contributed by atoms with Crippen LogP contribution in [-0.2, 0) is 6.61 Å². The van der Waals surface area contributed by atoms with Crippen molar-refractivity contribution in [3.8, 4) is 11.8 Å². The van der Waals surface area contributed by atoms with Gasteiger partial charge in [-0.2, -0.15) is 5.26 Å². The molecule has 0 aliphatic rings. The highest BCUT2D eigenvalue weighted by molar-refractivity contribution is 6.59. The summed E-state index contributed by atoms with van der Waals surface area (Å²) in [4.78, 5) is 3.88. The predicted molar refractivity (Wildman–Crippen MR) is 69.5 cm³/mol. The van der Waals surface area contributed by atoms with Crippen LogP contribution >= 0.6 is 0 Å². The second-order valence-corrected chi connectivity index (χ2v) is 3.97. The maximum absolute atomic E-state index is 13.1. The first-order chi connectivity index (χ1) is 9.61. The number of nitriles is 1. The Kier molecular flexibility index (Phi) is 4.30. The van der Waals surface area contributed by atoms with E-state index in [9.17, 15) is 14.4 Å². The summed E-state index contributed by atoms with van der Waals surface area (Å²) >= 11 is 0. The highest BCUT2D eigenvalue weighted by atomic mass is 19.1. The van der Waals surface area contributed by atoms with E-state index in [0.29, 0.717) is 5.56 Å². The lowest BCUT2D eigenvalue weighted by atomic mass is 9.79. The first-order valence-electron chi connectivity index (χ1n) is 5.74. The van der Waals surface area contributed by atoms with Gasteiger partial charge in [-0.3, -0.25) is 0 Å². The lowest BCUT2D eigenvalue weighted by molar-refractivity contribution is 0.305. The second kappa shape index (κ2) is 6.15. The molecule has 1 aromatic heterocycles. The van der Waals surface area contributed by atoms with E-state index in [-0.39, 0.29) is 23.5 Å². The van der Waals surface area contributed by atoms with Crippen molar-refractivity contribution in [2.75, 3.05) is 0 Å². The molecule has 0 aliphatic carbocycles. The number of pyridine rings is 1. The third-order valence-corrected chi connectivity index (χ3v) is 2.63. The van der Waals surface area contributed by atoms with Crippen LogP contribution in [0.5, 0.6) is 5.75 Å². The lowest BCUT2D eigenvalue weighted by Gasteiger charge is -2.11. The maximum atomic E-state index is 13.1. The monoisotopic (exact) mass is 272 g/mol. The van der Waals surface area contributed by atoms with E-state index in [4.69, 9.17) is 10.00 Å². The molecule has 0 spiro atoms. The van der Waals surface area contributed by atoms with Crippen molar-refractivity contribution in [2.45, 2.75) is 6.61 Å². The number of halogens is 1. The second-order valence-electron chi connectivity index (χ2n) is 3.97. The van der Waals surface area contributed by atoms with E-state index in [0.717, 1.165) is 12.1 Å². The Morgan fingerprint density at radius 2 is 2.15 bits per heavy atom. The predicted octanol–water partition coefficient (Wildman–Crippen LogP) is 0.351. The quantitative estimate of drug-likeness (QED) is 0.784. The van der Waals surface area contributed by atoms with Gasteiger partial charge in [-0.05, 0) is 24.3 Å². The topological polar surface area (TPSA) is 86.4 Å². The molecule has 0 saturated carbocycles. The van der Waals surface area contributed by atoms with Gasteiger partial charge in [0, 0.05) is 17.2 Å². The van der Waals surface area contributed by atoms with Gasteiger partial charge in [0.1, 0.15) is 29.9 Å². The standard InChI is InChI=1S/C13H10BFN2O3/c15-10-3-4-13(11(6-10)14(18)19)20-8-9-2-1-5-17-12(9)7-16/h1-6,18-19H,8H2. The van der Waals surface area contributed by atoms with Gasteiger partial charge in [-0.1, -0.05) is 6.07 Å². The van der Waals surface area contributed by atoms with Crippen LogP contribution in [0, 0.1) is 17.1 Å². The minimum Gasteiger partial charge on any atom is -0.489 e. The molecule has 0 saturated heterocycles. The van der Waals surface area contributed by atoms with Gasteiger partial charge in [0.15, 0.2) is 0 Å². The van der Waals surface area contributed by atoms with Gasteiger partial charge in [-0.15, -0.1) is 0 Å². The number of nitrogens with zero attached hydrogens (tertiary/aromatic N) is 2. The summed E-state index contributed by atoms with van der Waals surface area (Å²) in [6.07, 6.45) is 1.49. The van der Waals surface area contributed by atoms with Crippen molar-refractivity contribution in [1.29, 1.82) is 5.26 Å². The van der Waals surface area contributed by atoms with Crippen molar-refractivity contribution in [3.05, 3.63) is 53.6 Å². The Bertz CT molecular complexity index is 658. The molecule has 0 bridgehead atoms. The molecule has 0 radical (unpaired) electrons. The number of aromatic nitrogens is 1. The van der Waals surface area contributed by atoms with Crippen LogP contribution in [0.2, 0.25) is 0 Å². The summed E-state index contributed by atoms with van der Waals surface area (Å²) in [6, 6.07) is 8.69. The van der Waals surface area contributed by atoms with Crippen LogP contribution in [0.4, 0.5) is 4.39 Å². The molecule has 2 aromatic rings. The van der Waals surface area contributed by atoms with Crippen LogP contribution in [0.3, 0.4) is 0 Å². The molecule has 2 rings (SSSR count). The Labute approximate surface area is 115 Å². The van der Waals surface area contributed by atoms with E-state index < -0.39 is 12.9 Å². The smallest absolute Gasteiger partial charge is 0.489 e. The molecule has 1 aromatic carbocycles. The van der Waals surface area contributed by atoms with Crippen LogP contribution in [0.1, 0.15) is 11.3 Å². The number of hydrogen-bond donors (Lipinski definition) is 2. The van der Waals surface area contributed by atoms with Gasteiger partial charge in [-0.25, -0.2) is 9.37 Å². The summed E-state index contributed by atoms with van der Waals surface area (Å²) in [7, 11) is -1.84. The maximum Gasteiger partial charge on any atom is 0.492 e. The molecule has 0 unspecified atom stereocenters. The molecule has 0 amide bonds. The Balaban J connectivity index is 2.21. The molecular weight excluding hydrogens is 262 g/mol. The molecule has 0 atom stereocenters. The zero-order chi connectivity index (χ0) is 14.5. The Morgan fingerprint density at radius 1 is 1.35 bits per heavy atom. The fraction of sp³-hybridized carbons (Fsp3) is 0.0769. The van der Waals surface area contributed by atoms with Crippen molar-refractivity contribution >= 4 is 12.6 Å². The van der Waals surface area contributed by atoms with Gasteiger partial charge in [0.2, 0.25) is 0 Å². The minimum atomic E-state index is -1.84. The normalized spacial score (nSPS) is 9.90. The van der Waals surface area contributed by atoms with E-state index in [1.54, 1.807) is 12.1 Å². The van der Waals surface area contributed by atoms with Gasteiger partial charge in [0.25, 0.3) is 0 Å². The largest absolute Gasteiger partial charge is 0.492 e. The first kappa shape index (κ1) is 14.0. The van der Waals surface area contributed by atoms with Gasteiger partial charge in [0.05, 0.1) is 0 Å². The number of benzene rings is 1. The molecule has 0 aliphatic heterocycles. The van der Waals surface area contributed by atoms with E-state index in [1.807, 2.05) is 6.07 Å². The minimum absolute atomic E-state index is 0.0160.